The minimum atomic E-state index is 0.0696. The lowest BCUT2D eigenvalue weighted by atomic mass is 10.00. The van der Waals surface area contributed by atoms with E-state index in [1.807, 2.05) is 11.8 Å². The van der Waals surface area contributed by atoms with Crippen molar-refractivity contribution in [1.29, 1.82) is 0 Å². The van der Waals surface area contributed by atoms with E-state index in [9.17, 15) is 4.79 Å². The van der Waals surface area contributed by atoms with Crippen LogP contribution >= 0.6 is 0 Å². The molecule has 15 heavy (non-hydrogen) atoms. The molecule has 1 amide bonds. The van der Waals surface area contributed by atoms with E-state index in [2.05, 4.69) is 25.8 Å². The van der Waals surface area contributed by atoms with Gasteiger partial charge in [-0.05, 0) is 27.8 Å². The molecule has 4 nitrogen and oxygen atoms in total. The topological polar surface area (TPSA) is 32.8 Å². The molecular weight excluding hydrogens is 192 g/mol. The Kier molecular flexibility index (Phi) is 4.11. The SMILES string of the molecule is CCOCC(=O)N1CCN(C)C(C)(C)C1. The van der Waals surface area contributed by atoms with Gasteiger partial charge >= 0.3 is 0 Å². The second-order valence-electron chi connectivity index (χ2n) is 4.69. The van der Waals surface area contributed by atoms with Gasteiger partial charge in [-0.25, -0.2) is 0 Å². The molecule has 0 spiro atoms. The average Bonchev–Trinajstić information content (AvgIpc) is 2.18. The Morgan fingerprint density at radius 3 is 2.60 bits per heavy atom. The van der Waals surface area contributed by atoms with Gasteiger partial charge in [-0.1, -0.05) is 0 Å². The fourth-order valence-electron chi connectivity index (χ4n) is 1.73. The Bertz CT molecular complexity index is 229. The predicted molar refractivity (Wildman–Crippen MR) is 59.8 cm³/mol. The zero-order chi connectivity index (χ0) is 11.5. The summed E-state index contributed by atoms with van der Waals surface area (Å²) in [4.78, 5) is 15.9. The van der Waals surface area contributed by atoms with E-state index in [1.54, 1.807) is 0 Å². The molecule has 4 heteroatoms. The van der Waals surface area contributed by atoms with Gasteiger partial charge in [0, 0.05) is 31.8 Å². The first-order chi connectivity index (χ1) is 6.97. The Morgan fingerprint density at radius 2 is 2.07 bits per heavy atom. The number of ether oxygens (including phenoxy) is 1. The van der Waals surface area contributed by atoms with Gasteiger partial charge in [0.2, 0.25) is 5.91 Å². The second-order valence-corrected chi connectivity index (χ2v) is 4.69. The number of likely N-dealkylation sites (N-methyl/N-ethyl adjacent to an activating group) is 1. The molecule has 0 aromatic carbocycles. The van der Waals surface area contributed by atoms with E-state index >= 15 is 0 Å². The molecule has 1 heterocycles. The highest BCUT2D eigenvalue weighted by molar-refractivity contribution is 5.77. The van der Waals surface area contributed by atoms with Crippen molar-refractivity contribution in [2.75, 3.05) is 39.9 Å². The third-order valence-corrected chi connectivity index (χ3v) is 3.10. The summed E-state index contributed by atoms with van der Waals surface area (Å²) in [5.41, 5.74) is 0.0696. The van der Waals surface area contributed by atoms with Gasteiger partial charge in [-0.15, -0.1) is 0 Å². The number of piperazine rings is 1. The lowest BCUT2D eigenvalue weighted by Crippen LogP contribution is -2.59. The average molecular weight is 214 g/mol. The molecule has 0 radical (unpaired) electrons. The molecular formula is C11H22N2O2. The minimum absolute atomic E-state index is 0.0696. The molecule has 1 aliphatic heterocycles. The van der Waals surface area contributed by atoms with Gasteiger partial charge in [0.05, 0.1) is 0 Å². The zero-order valence-electron chi connectivity index (χ0n) is 10.2. The van der Waals surface area contributed by atoms with E-state index in [1.165, 1.54) is 0 Å². The smallest absolute Gasteiger partial charge is 0.248 e. The third-order valence-electron chi connectivity index (χ3n) is 3.10. The standard InChI is InChI=1S/C11H22N2O2/c1-5-15-8-10(14)13-7-6-12(4)11(2,3)9-13/h5-9H2,1-4H3. The summed E-state index contributed by atoms with van der Waals surface area (Å²) in [5.74, 6) is 0.109. The van der Waals surface area contributed by atoms with Crippen LogP contribution in [0, 0.1) is 0 Å². The van der Waals surface area contributed by atoms with Crippen LogP contribution in [0.1, 0.15) is 20.8 Å². The Hall–Kier alpha value is -0.610. The maximum atomic E-state index is 11.7. The first kappa shape index (κ1) is 12.5. The molecule has 1 saturated heterocycles. The summed E-state index contributed by atoms with van der Waals surface area (Å²) in [6.45, 7) is 9.58. The van der Waals surface area contributed by atoms with E-state index in [4.69, 9.17) is 4.74 Å². The largest absolute Gasteiger partial charge is 0.372 e. The molecule has 0 unspecified atom stereocenters. The van der Waals surface area contributed by atoms with Crippen molar-refractivity contribution in [2.24, 2.45) is 0 Å². The van der Waals surface area contributed by atoms with E-state index in [0.717, 1.165) is 19.6 Å². The van der Waals surface area contributed by atoms with Crippen LogP contribution in [0.4, 0.5) is 0 Å². The summed E-state index contributed by atoms with van der Waals surface area (Å²) in [6.07, 6.45) is 0. The van der Waals surface area contributed by atoms with Gasteiger partial charge in [0.25, 0.3) is 0 Å². The van der Waals surface area contributed by atoms with Crippen LogP contribution in [0.25, 0.3) is 0 Å². The summed E-state index contributed by atoms with van der Waals surface area (Å²) >= 11 is 0. The van der Waals surface area contributed by atoms with Crippen molar-refractivity contribution >= 4 is 5.91 Å². The molecule has 0 bridgehead atoms. The lowest BCUT2D eigenvalue weighted by molar-refractivity contribution is -0.140. The summed E-state index contributed by atoms with van der Waals surface area (Å²) in [6, 6.07) is 0. The monoisotopic (exact) mass is 214 g/mol. The summed E-state index contributed by atoms with van der Waals surface area (Å²) in [5, 5.41) is 0. The van der Waals surface area contributed by atoms with Crippen LogP contribution in [0.15, 0.2) is 0 Å². The van der Waals surface area contributed by atoms with Gasteiger partial charge in [0.15, 0.2) is 0 Å². The fourth-order valence-corrected chi connectivity index (χ4v) is 1.73. The Morgan fingerprint density at radius 1 is 1.40 bits per heavy atom. The second kappa shape index (κ2) is 4.94. The molecule has 0 N–H and O–H groups in total. The quantitative estimate of drug-likeness (QED) is 0.689. The Balaban J connectivity index is 2.48. The lowest BCUT2D eigenvalue weighted by Gasteiger charge is -2.45. The van der Waals surface area contributed by atoms with Crippen LogP contribution in [0.3, 0.4) is 0 Å². The van der Waals surface area contributed by atoms with Crippen molar-refractivity contribution in [3.63, 3.8) is 0 Å². The van der Waals surface area contributed by atoms with Crippen LogP contribution < -0.4 is 0 Å². The molecule has 88 valence electrons. The van der Waals surface area contributed by atoms with Crippen LogP contribution in [0.5, 0.6) is 0 Å². The van der Waals surface area contributed by atoms with E-state index < -0.39 is 0 Å². The van der Waals surface area contributed by atoms with Crippen molar-refractivity contribution in [1.82, 2.24) is 9.80 Å². The van der Waals surface area contributed by atoms with Crippen LogP contribution in [-0.4, -0.2) is 61.1 Å². The first-order valence-corrected chi connectivity index (χ1v) is 5.54. The summed E-state index contributed by atoms with van der Waals surface area (Å²) in [7, 11) is 2.10. The maximum absolute atomic E-state index is 11.7. The number of amides is 1. The van der Waals surface area contributed by atoms with Crippen molar-refractivity contribution in [2.45, 2.75) is 26.3 Å². The maximum Gasteiger partial charge on any atom is 0.248 e. The molecule has 0 aromatic heterocycles. The number of nitrogens with zero attached hydrogens (tertiary/aromatic N) is 2. The zero-order valence-corrected chi connectivity index (χ0v) is 10.2. The first-order valence-electron chi connectivity index (χ1n) is 5.54. The highest BCUT2D eigenvalue weighted by Gasteiger charge is 2.32. The highest BCUT2D eigenvalue weighted by Crippen LogP contribution is 2.18. The number of rotatable bonds is 3. The number of carbonyl (C=O) groups excluding carboxylic acids is 1. The fraction of sp³-hybridized carbons (Fsp3) is 0.909. The highest BCUT2D eigenvalue weighted by atomic mass is 16.5. The number of hydrogen-bond donors (Lipinski definition) is 0. The van der Waals surface area contributed by atoms with E-state index in [0.29, 0.717) is 6.61 Å². The molecule has 0 atom stereocenters. The van der Waals surface area contributed by atoms with Crippen molar-refractivity contribution in [3.8, 4) is 0 Å². The molecule has 1 aliphatic rings. The van der Waals surface area contributed by atoms with Gasteiger partial charge in [-0.3, -0.25) is 9.69 Å². The molecule has 0 aromatic rings. The van der Waals surface area contributed by atoms with Crippen LogP contribution in [0.2, 0.25) is 0 Å². The number of carbonyl (C=O) groups is 1. The van der Waals surface area contributed by atoms with Crippen molar-refractivity contribution in [3.05, 3.63) is 0 Å². The molecule has 1 fully saturated rings. The van der Waals surface area contributed by atoms with Gasteiger partial charge in [-0.2, -0.15) is 0 Å². The van der Waals surface area contributed by atoms with Gasteiger partial charge in [0.1, 0.15) is 6.61 Å². The molecule has 1 rings (SSSR count). The molecule has 0 aliphatic carbocycles. The third kappa shape index (κ3) is 3.18. The van der Waals surface area contributed by atoms with Crippen LogP contribution in [-0.2, 0) is 9.53 Å². The number of hydrogen-bond acceptors (Lipinski definition) is 3. The predicted octanol–water partition coefficient (Wildman–Crippen LogP) is 0.575. The normalized spacial score (nSPS) is 21.7. The Labute approximate surface area is 92.2 Å². The van der Waals surface area contributed by atoms with E-state index in [-0.39, 0.29) is 18.1 Å². The molecule has 0 saturated carbocycles. The minimum Gasteiger partial charge on any atom is -0.372 e. The van der Waals surface area contributed by atoms with Gasteiger partial charge < -0.3 is 9.64 Å². The van der Waals surface area contributed by atoms with Crippen molar-refractivity contribution < 1.29 is 9.53 Å². The summed E-state index contributed by atoms with van der Waals surface area (Å²) < 4.78 is 5.14.